The molecule has 0 fully saturated rings. The normalized spacial score (nSPS) is 12.0. The first kappa shape index (κ1) is 13.2. The molecule has 2 amide bonds. The van der Waals surface area contributed by atoms with Gasteiger partial charge in [-0.2, -0.15) is 0 Å². The van der Waals surface area contributed by atoms with Crippen molar-refractivity contribution < 1.29 is 9.59 Å². The summed E-state index contributed by atoms with van der Waals surface area (Å²) in [6.45, 7) is 4.28. The summed E-state index contributed by atoms with van der Waals surface area (Å²) in [6, 6.07) is 0. The molecule has 0 saturated carbocycles. The fourth-order valence-electron chi connectivity index (χ4n) is 0.718. The largest absolute Gasteiger partial charge is 0.347 e. The first-order valence-corrected chi connectivity index (χ1v) is 5.14. The van der Waals surface area contributed by atoms with Crippen molar-refractivity contribution in [2.75, 3.05) is 26.0 Å². The van der Waals surface area contributed by atoms with Crippen molar-refractivity contribution in [3.63, 3.8) is 0 Å². The van der Waals surface area contributed by atoms with E-state index < -0.39 is 0 Å². The monoisotopic (exact) mass is 220 g/mol. The Hall–Kier alpha value is -0.770. The quantitative estimate of drug-likeness (QED) is 0.685. The number of nitrogens with zero attached hydrogens (tertiary/aromatic N) is 1. The van der Waals surface area contributed by atoms with Crippen LogP contribution in [0.3, 0.4) is 0 Å². The highest BCUT2D eigenvalue weighted by molar-refractivity contribution is 6.19. The molecule has 0 radical (unpaired) electrons. The Morgan fingerprint density at radius 3 is 2.50 bits per heavy atom. The standard InChI is InChI=1S/C9H17ClN2O2/c1-4-12(3)8(13)6-11-9(14)7(2)5-10/h7H,4-6H2,1-3H3,(H,11,14). The molecule has 14 heavy (non-hydrogen) atoms. The van der Waals surface area contributed by atoms with E-state index in [0.29, 0.717) is 6.54 Å². The molecule has 0 aromatic rings. The minimum atomic E-state index is -0.253. The molecule has 0 aliphatic heterocycles. The zero-order chi connectivity index (χ0) is 11.1. The summed E-state index contributed by atoms with van der Waals surface area (Å²) < 4.78 is 0. The molecule has 82 valence electrons. The van der Waals surface area contributed by atoms with Crippen LogP contribution in [0.5, 0.6) is 0 Å². The van der Waals surface area contributed by atoms with E-state index in [-0.39, 0.29) is 30.2 Å². The lowest BCUT2D eigenvalue weighted by atomic mass is 10.2. The number of hydrogen-bond acceptors (Lipinski definition) is 2. The Labute approximate surface area is 89.6 Å². The van der Waals surface area contributed by atoms with E-state index in [0.717, 1.165) is 0 Å². The van der Waals surface area contributed by atoms with Crippen molar-refractivity contribution >= 4 is 23.4 Å². The SMILES string of the molecule is CCN(C)C(=O)CNC(=O)C(C)CCl. The smallest absolute Gasteiger partial charge is 0.241 e. The maximum Gasteiger partial charge on any atom is 0.241 e. The lowest BCUT2D eigenvalue weighted by molar-refractivity contribution is -0.132. The van der Waals surface area contributed by atoms with Crippen molar-refractivity contribution in [2.45, 2.75) is 13.8 Å². The predicted molar refractivity (Wildman–Crippen MR) is 56.2 cm³/mol. The van der Waals surface area contributed by atoms with Crippen molar-refractivity contribution in [1.82, 2.24) is 10.2 Å². The lowest BCUT2D eigenvalue weighted by Gasteiger charge is -2.15. The fraction of sp³-hybridized carbons (Fsp3) is 0.778. The molecule has 0 aliphatic carbocycles. The van der Waals surface area contributed by atoms with E-state index in [1.807, 2.05) is 6.92 Å². The van der Waals surface area contributed by atoms with Gasteiger partial charge in [0.15, 0.2) is 0 Å². The van der Waals surface area contributed by atoms with Crippen LogP contribution in [0, 0.1) is 5.92 Å². The number of halogens is 1. The minimum absolute atomic E-state index is 0.0460. The average Bonchev–Trinajstić information content (AvgIpc) is 2.22. The number of carbonyl (C=O) groups is 2. The van der Waals surface area contributed by atoms with Crippen LogP contribution in [0.15, 0.2) is 0 Å². The van der Waals surface area contributed by atoms with Crippen LogP contribution < -0.4 is 5.32 Å². The van der Waals surface area contributed by atoms with E-state index in [9.17, 15) is 9.59 Å². The molecule has 0 saturated heterocycles. The van der Waals surface area contributed by atoms with Crippen molar-refractivity contribution in [2.24, 2.45) is 5.92 Å². The molecular formula is C9H17ClN2O2. The van der Waals surface area contributed by atoms with Crippen LogP contribution in [0.4, 0.5) is 0 Å². The van der Waals surface area contributed by atoms with Gasteiger partial charge in [0.25, 0.3) is 0 Å². The van der Waals surface area contributed by atoms with E-state index in [2.05, 4.69) is 5.32 Å². The van der Waals surface area contributed by atoms with Gasteiger partial charge in [0.1, 0.15) is 0 Å². The van der Waals surface area contributed by atoms with Crippen LogP contribution in [0.1, 0.15) is 13.8 Å². The van der Waals surface area contributed by atoms with Gasteiger partial charge in [0.2, 0.25) is 11.8 Å². The zero-order valence-electron chi connectivity index (χ0n) is 8.84. The molecule has 0 spiro atoms. The second-order valence-corrected chi connectivity index (χ2v) is 3.49. The first-order valence-electron chi connectivity index (χ1n) is 4.60. The molecule has 0 bridgehead atoms. The lowest BCUT2D eigenvalue weighted by Crippen LogP contribution is -2.40. The van der Waals surface area contributed by atoms with Gasteiger partial charge in [0.05, 0.1) is 6.54 Å². The maximum atomic E-state index is 11.3. The predicted octanol–water partition coefficient (Wildman–Crippen LogP) is 0.456. The van der Waals surface area contributed by atoms with E-state index in [1.165, 1.54) is 0 Å². The Balaban J connectivity index is 3.83. The number of carbonyl (C=O) groups excluding carboxylic acids is 2. The summed E-state index contributed by atoms with van der Waals surface area (Å²) in [5, 5.41) is 2.53. The number of likely N-dealkylation sites (N-methyl/N-ethyl adjacent to an activating group) is 1. The van der Waals surface area contributed by atoms with Crippen LogP contribution in [-0.4, -0.2) is 42.7 Å². The van der Waals surface area contributed by atoms with E-state index >= 15 is 0 Å². The van der Waals surface area contributed by atoms with Gasteiger partial charge >= 0.3 is 0 Å². The molecule has 0 aromatic carbocycles. The number of hydrogen-bond donors (Lipinski definition) is 1. The van der Waals surface area contributed by atoms with Gasteiger partial charge in [-0.15, -0.1) is 11.6 Å². The van der Waals surface area contributed by atoms with Crippen molar-refractivity contribution in [3.05, 3.63) is 0 Å². The topological polar surface area (TPSA) is 49.4 Å². The molecule has 0 aliphatic rings. The summed E-state index contributed by atoms with van der Waals surface area (Å²) >= 11 is 5.50. The van der Waals surface area contributed by atoms with Crippen molar-refractivity contribution in [3.8, 4) is 0 Å². The number of rotatable bonds is 5. The van der Waals surface area contributed by atoms with Crippen LogP contribution >= 0.6 is 11.6 Å². The molecule has 0 rings (SSSR count). The molecule has 1 atom stereocenters. The van der Waals surface area contributed by atoms with Gasteiger partial charge in [-0.3, -0.25) is 9.59 Å². The van der Waals surface area contributed by atoms with Gasteiger partial charge in [-0.1, -0.05) is 6.92 Å². The third-order valence-corrected chi connectivity index (χ3v) is 2.46. The minimum Gasteiger partial charge on any atom is -0.347 e. The fourth-order valence-corrected chi connectivity index (χ4v) is 0.858. The summed E-state index contributed by atoms with van der Waals surface area (Å²) in [6.07, 6.45) is 0. The molecule has 1 N–H and O–H groups in total. The summed E-state index contributed by atoms with van der Waals surface area (Å²) in [4.78, 5) is 24.0. The summed E-state index contributed by atoms with van der Waals surface area (Å²) in [5.41, 5.74) is 0. The highest BCUT2D eigenvalue weighted by Gasteiger charge is 2.13. The first-order chi connectivity index (χ1) is 6.52. The van der Waals surface area contributed by atoms with Gasteiger partial charge in [0, 0.05) is 25.4 Å². The second-order valence-electron chi connectivity index (χ2n) is 3.18. The van der Waals surface area contributed by atoms with Crippen LogP contribution in [0.25, 0.3) is 0 Å². The second kappa shape index (κ2) is 6.65. The average molecular weight is 221 g/mol. The Kier molecular flexibility index (Phi) is 6.28. The molecule has 4 nitrogen and oxygen atoms in total. The van der Waals surface area contributed by atoms with Gasteiger partial charge in [-0.05, 0) is 6.92 Å². The molecular weight excluding hydrogens is 204 g/mol. The van der Waals surface area contributed by atoms with Gasteiger partial charge < -0.3 is 10.2 Å². The summed E-state index contributed by atoms with van der Waals surface area (Å²) in [7, 11) is 1.69. The molecule has 0 aromatic heterocycles. The third kappa shape index (κ3) is 4.46. The zero-order valence-corrected chi connectivity index (χ0v) is 9.60. The van der Waals surface area contributed by atoms with Crippen molar-refractivity contribution in [1.29, 1.82) is 0 Å². The third-order valence-electron chi connectivity index (χ3n) is 1.99. The Morgan fingerprint density at radius 2 is 2.07 bits per heavy atom. The van der Waals surface area contributed by atoms with Crippen LogP contribution in [0.2, 0.25) is 0 Å². The highest BCUT2D eigenvalue weighted by atomic mass is 35.5. The van der Waals surface area contributed by atoms with E-state index in [1.54, 1.807) is 18.9 Å². The Morgan fingerprint density at radius 1 is 1.50 bits per heavy atom. The van der Waals surface area contributed by atoms with Crippen LogP contribution in [-0.2, 0) is 9.59 Å². The van der Waals surface area contributed by atoms with Gasteiger partial charge in [-0.25, -0.2) is 0 Å². The van der Waals surface area contributed by atoms with E-state index in [4.69, 9.17) is 11.6 Å². The highest BCUT2D eigenvalue weighted by Crippen LogP contribution is 1.96. The number of alkyl halides is 1. The molecule has 1 unspecified atom stereocenters. The Bertz CT molecular complexity index is 187. The molecule has 5 heteroatoms. The molecule has 0 heterocycles. The number of amides is 2. The maximum absolute atomic E-state index is 11.3. The summed E-state index contributed by atoms with van der Waals surface area (Å²) in [5.74, 6) is -0.263. The number of nitrogens with one attached hydrogen (secondary N) is 1.